The number of aromatic nitrogens is 4. The highest BCUT2D eigenvalue weighted by Crippen LogP contribution is 2.31. The van der Waals surface area contributed by atoms with Gasteiger partial charge in [-0.05, 0) is 37.3 Å². The van der Waals surface area contributed by atoms with E-state index in [9.17, 15) is 27.6 Å². The molecule has 2 amide bonds. The Morgan fingerprint density at radius 3 is 2.58 bits per heavy atom. The van der Waals surface area contributed by atoms with Crippen molar-refractivity contribution < 1.29 is 27.3 Å². The molecule has 0 saturated heterocycles. The van der Waals surface area contributed by atoms with Gasteiger partial charge in [-0.3, -0.25) is 23.6 Å². The van der Waals surface area contributed by atoms with E-state index in [1.807, 2.05) is 0 Å². The normalized spacial score (nSPS) is 11.5. The molecular formula is C25H23F3N6O4. The molecule has 3 N–H and O–H groups in total. The second-order valence-corrected chi connectivity index (χ2v) is 8.52. The SMILES string of the molecule is Cc1c(-c2ccnn2C)cc(C(=O)NCc2cc(CCC(N)=O)no2)c(=O)n1-c1cccc(C(F)(F)F)c1. The first-order valence-electron chi connectivity index (χ1n) is 11.4. The highest BCUT2D eigenvalue weighted by Gasteiger charge is 2.31. The summed E-state index contributed by atoms with van der Waals surface area (Å²) >= 11 is 0. The summed E-state index contributed by atoms with van der Waals surface area (Å²) in [4.78, 5) is 37.6. The van der Waals surface area contributed by atoms with Crippen molar-refractivity contribution in [1.82, 2.24) is 24.8 Å². The summed E-state index contributed by atoms with van der Waals surface area (Å²) in [6.45, 7) is 1.45. The molecule has 3 aromatic heterocycles. The van der Waals surface area contributed by atoms with Crippen LogP contribution in [0.3, 0.4) is 0 Å². The molecule has 3 heterocycles. The molecule has 13 heteroatoms. The fourth-order valence-electron chi connectivity index (χ4n) is 3.97. The zero-order valence-electron chi connectivity index (χ0n) is 20.4. The molecule has 10 nitrogen and oxygen atoms in total. The number of aryl methyl sites for hydroxylation is 2. The van der Waals surface area contributed by atoms with Gasteiger partial charge in [0, 0.05) is 49.1 Å². The van der Waals surface area contributed by atoms with Gasteiger partial charge in [-0.1, -0.05) is 11.2 Å². The number of halogens is 3. The van der Waals surface area contributed by atoms with Crippen LogP contribution >= 0.6 is 0 Å². The molecule has 0 aliphatic heterocycles. The molecule has 4 aromatic rings. The molecule has 0 aliphatic carbocycles. The number of carbonyl (C=O) groups is 2. The maximum atomic E-state index is 13.5. The summed E-state index contributed by atoms with van der Waals surface area (Å²) < 4.78 is 47.9. The van der Waals surface area contributed by atoms with E-state index in [-0.39, 0.29) is 36.4 Å². The summed E-state index contributed by atoms with van der Waals surface area (Å²) in [5.41, 5.74) is 4.82. The molecule has 0 saturated carbocycles. The fourth-order valence-corrected chi connectivity index (χ4v) is 3.97. The minimum atomic E-state index is -4.62. The Balaban J connectivity index is 1.73. The van der Waals surface area contributed by atoms with Crippen LogP contribution in [-0.4, -0.2) is 31.3 Å². The van der Waals surface area contributed by atoms with Gasteiger partial charge in [-0.25, -0.2) is 0 Å². The van der Waals surface area contributed by atoms with Crippen LogP contribution in [0.5, 0.6) is 0 Å². The molecule has 0 bridgehead atoms. The van der Waals surface area contributed by atoms with Gasteiger partial charge in [0.05, 0.1) is 23.5 Å². The van der Waals surface area contributed by atoms with Crippen molar-refractivity contribution in [3.63, 3.8) is 0 Å². The molecule has 0 atom stereocenters. The van der Waals surface area contributed by atoms with Crippen LogP contribution in [0, 0.1) is 6.92 Å². The first-order chi connectivity index (χ1) is 18.0. The smallest absolute Gasteiger partial charge is 0.370 e. The first kappa shape index (κ1) is 26.4. The predicted octanol–water partition coefficient (Wildman–Crippen LogP) is 2.90. The number of alkyl halides is 3. The molecule has 0 radical (unpaired) electrons. The molecule has 198 valence electrons. The molecule has 1 aromatic carbocycles. The summed E-state index contributed by atoms with van der Waals surface area (Å²) in [7, 11) is 1.66. The Labute approximate surface area is 213 Å². The Bertz CT molecular complexity index is 1570. The van der Waals surface area contributed by atoms with Crippen LogP contribution in [0.4, 0.5) is 13.2 Å². The van der Waals surface area contributed by atoms with Crippen molar-refractivity contribution in [1.29, 1.82) is 0 Å². The summed E-state index contributed by atoms with van der Waals surface area (Å²) in [5, 5.41) is 10.5. The van der Waals surface area contributed by atoms with Crippen LogP contribution in [0.15, 0.2) is 58.0 Å². The number of nitrogens with one attached hydrogen (secondary N) is 1. The minimum Gasteiger partial charge on any atom is -0.370 e. The third-order valence-corrected chi connectivity index (χ3v) is 5.88. The lowest BCUT2D eigenvalue weighted by atomic mass is 10.1. The third-order valence-electron chi connectivity index (χ3n) is 5.88. The molecule has 0 aliphatic rings. The third kappa shape index (κ3) is 5.51. The van der Waals surface area contributed by atoms with E-state index in [0.29, 0.717) is 22.6 Å². The van der Waals surface area contributed by atoms with Crippen LogP contribution in [-0.2, 0) is 31.0 Å². The number of hydrogen-bond donors (Lipinski definition) is 2. The van der Waals surface area contributed by atoms with E-state index in [2.05, 4.69) is 15.6 Å². The van der Waals surface area contributed by atoms with Gasteiger partial charge in [-0.2, -0.15) is 18.3 Å². The van der Waals surface area contributed by atoms with Gasteiger partial charge in [0.1, 0.15) is 5.56 Å². The lowest BCUT2D eigenvalue weighted by Crippen LogP contribution is -2.33. The molecule has 0 unspecified atom stereocenters. The molecule has 4 rings (SSSR count). The van der Waals surface area contributed by atoms with Gasteiger partial charge in [-0.15, -0.1) is 0 Å². The van der Waals surface area contributed by atoms with Crippen LogP contribution < -0.4 is 16.6 Å². The number of pyridine rings is 1. The lowest BCUT2D eigenvalue weighted by Gasteiger charge is -2.18. The fraction of sp³-hybridized carbons (Fsp3) is 0.240. The molecular weight excluding hydrogens is 505 g/mol. The average Bonchev–Trinajstić information content (AvgIpc) is 3.50. The molecule has 0 spiro atoms. The number of carbonyl (C=O) groups excluding carboxylic acids is 2. The van der Waals surface area contributed by atoms with Gasteiger partial charge in [0.25, 0.3) is 11.5 Å². The first-order valence-corrected chi connectivity index (χ1v) is 11.4. The number of nitrogens with two attached hydrogens (primary N) is 1. The quantitative estimate of drug-likeness (QED) is 0.361. The van der Waals surface area contributed by atoms with E-state index in [1.54, 1.807) is 26.1 Å². The van der Waals surface area contributed by atoms with Crippen molar-refractivity contribution in [2.45, 2.75) is 32.5 Å². The summed E-state index contributed by atoms with van der Waals surface area (Å²) in [6.07, 6.45) is -2.76. The zero-order chi connectivity index (χ0) is 27.6. The van der Waals surface area contributed by atoms with E-state index in [4.69, 9.17) is 10.3 Å². The van der Waals surface area contributed by atoms with E-state index < -0.39 is 29.1 Å². The topological polar surface area (TPSA) is 138 Å². The molecule has 38 heavy (non-hydrogen) atoms. The lowest BCUT2D eigenvalue weighted by molar-refractivity contribution is -0.137. The van der Waals surface area contributed by atoms with E-state index in [0.717, 1.165) is 16.7 Å². The van der Waals surface area contributed by atoms with Gasteiger partial charge in [0.2, 0.25) is 5.91 Å². The number of hydrogen-bond acceptors (Lipinski definition) is 6. The van der Waals surface area contributed by atoms with Gasteiger partial charge in [0.15, 0.2) is 5.76 Å². The standard InChI is InChI=1S/C25H23F3N6O4/c1-14-19(21-8-9-31-33(21)2)12-20(23(36)30-13-18-11-16(32-38-18)6-7-22(29)35)24(37)34(14)17-5-3-4-15(10-17)25(26,27)28/h3-5,8-12H,6-7,13H2,1-2H3,(H2,29,35)(H,30,36). The number of amides is 2. The zero-order valence-corrected chi connectivity index (χ0v) is 20.4. The Morgan fingerprint density at radius 2 is 1.92 bits per heavy atom. The number of benzene rings is 1. The monoisotopic (exact) mass is 528 g/mol. The van der Waals surface area contributed by atoms with Gasteiger partial charge >= 0.3 is 6.18 Å². The second kappa shape index (κ2) is 10.4. The Hall–Kier alpha value is -4.68. The average molecular weight is 528 g/mol. The van der Waals surface area contributed by atoms with Crippen molar-refractivity contribution in [2.24, 2.45) is 12.8 Å². The maximum Gasteiger partial charge on any atom is 0.416 e. The van der Waals surface area contributed by atoms with Crippen LogP contribution in [0.25, 0.3) is 16.9 Å². The minimum absolute atomic E-state index is 0.0466. The van der Waals surface area contributed by atoms with Crippen LogP contribution in [0.2, 0.25) is 0 Å². The maximum absolute atomic E-state index is 13.5. The highest BCUT2D eigenvalue weighted by molar-refractivity contribution is 5.95. The number of rotatable bonds is 8. The van der Waals surface area contributed by atoms with Crippen LogP contribution in [0.1, 0.15) is 39.5 Å². The summed E-state index contributed by atoms with van der Waals surface area (Å²) in [5.74, 6) is -0.993. The number of primary amides is 1. The van der Waals surface area contributed by atoms with E-state index >= 15 is 0 Å². The Morgan fingerprint density at radius 1 is 1.16 bits per heavy atom. The summed E-state index contributed by atoms with van der Waals surface area (Å²) in [6, 6.07) is 8.89. The van der Waals surface area contributed by atoms with Crippen molar-refractivity contribution in [3.05, 3.63) is 87.3 Å². The van der Waals surface area contributed by atoms with E-state index in [1.165, 1.54) is 29.1 Å². The second-order valence-electron chi connectivity index (χ2n) is 8.52. The highest BCUT2D eigenvalue weighted by atomic mass is 19.4. The largest absolute Gasteiger partial charge is 0.416 e. The van der Waals surface area contributed by atoms with Crippen molar-refractivity contribution in [3.8, 4) is 16.9 Å². The van der Waals surface area contributed by atoms with Crippen molar-refractivity contribution >= 4 is 11.8 Å². The number of nitrogens with zero attached hydrogens (tertiary/aromatic N) is 4. The van der Waals surface area contributed by atoms with Gasteiger partial charge < -0.3 is 15.6 Å². The molecule has 0 fully saturated rings. The predicted molar refractivity (Wildman–Crippen MR) is 129 cm³/mol. The van der Waals surface area contributed by atoms with Crippen molar-refractivity contribution in [2.75, 3.05) is 0 Å². The Kier molecular flexibility index (Phi) is 7.19.